The average molecular weight is 295 g/mol. The molecular formula is C12H10IN. The van der Waals surface area contributed by atoms with Crippen molar-refractivity contribution in [2.75, 3.05) is 0 Å². The van der Waals surface area contributed by atoms with E-state index in [9.17, 15) is 0 Å². The zero-order valence-electron chi connectivity index (χ0n) is 7.87. The molecular weight excluding hydrogens is 285 g/mol. The molecule has 0 aliphatic rings. The van der Waals surface area contributed by atoms with Crippen LogP contribution in [0.3, 0.4) is 0 Å². The molecule has 0 unspecified atom stereocenters. The van der Waals surface area contributed by atoms with E-state index >= 15 is 0 Å². The van der Waals surface area contributed by atoms with Gasteiger partial charge in [0, 0.05) is 11.8 Å². The van der Waals surface area contributed by atoms with Gasteiger partial charge in [-0.2, -0.15) is 0 Å². The van der Waals surface area contributed by atoms with Crippen molar-refractivity contribution in [1.29, 1.82) is 0 Å². The Morgan fingerprint density at radius 1 is 1.07 bits per heavy atom. The second-order valence-electron chi connectivity index (χ2n) is 3.24. The van der Waals surface area contributed by atoms with E-state index in [-0.39, 0.29) is 0 Å². The van der Waals surface area contributed by atoms with Crippen molar-refractivity contribution in [3.8, 4) is 11.1 Å². The lowest BCUT2D eigenvalue weighted by molar-refractivity contribution is 1.27. The van der Waals surface area contributed by atoms with Gasteiger partial charge in [0.1, 0.15) is 3.70 Å². The van der Waals surface area contributed by atoms with Crippen molar-refractivity contribution in [3.05, 3.63) is 51.9 Å². The predicted octanol–water partition coefficient (Wildman–Crippen LogP) is 3.66. The van der Waals surface area contributed by atoms with Crippen LogP contribution in [0.25, 0.3) is 11.1 Å². The Labute approximate surface area is 97.3 Å². The Bertz CT molecular complexity index is 434. The first kappa shape index (κ1) is 9.65. The van der Waals surface area contributed by atoms with Gasteiger partial charge in [-0.25, -0.2) is 4.98 Å². The fourth-order valence-electron chi connectivity index (χ4n) is 1.37. The molecule has 2 aromatic rings. The summed E-state index contributed by atoms with van der Waals surface area (Å²) < 4.78 is 1.03. The Morgan fingerprint density at radius 2 is 1.93 bits per heavy atom. The molecule has 0 bridgehead atoms. The van der Waals surface area contributed by atoms with Crippen molar-refractivity contribution in [2.24, 2.45) is 0 Å². The SMILES string of the molecule is Cc1cccc(-c2ccc(I)nc2)c1. The third-order valence-corrected chi connectivity index (χ3v) is 2.72. The Balaban J connectivity index is 2.44. The second-order valence-corrected chi connectivity index (χ2v) is 4.34. The quantitative estimate of drug-likeness (QED) is 0.578. The molecule has 0 saturated heterocycles. The van der Waals surface area contributed by atoms with Crippen molar-refractivity contribution >= 4 is 22.6 Å². The third-order valence-electron chi connectivity index (χ3n) is 2.08. The van der Waals surface area contributed by atoms with Crippen LogP contribution in [0.1, 0.15) is 5.56 Å². The van der Waals surface area contributed by atoms with Crippen LogP contribution in [-0.2, 0) is 0 Å². The number of benzene rings is 1. The van der Waals surface area contributed by atoms with Crippen molar-refractivity contribution < 1.29 is 0 Å². The maximum Gasteiger partial charge on any atom is 0.101 e. The van der Waals surface area contributed by atoms with Gasteiger partial charge in [0.05, 0.1) is 0 Å². The lowest BCUT2D eigenvalue weighted by Crippen LogP contribution is -1.83. The van der Waals surface area contributed by atoms with Crippen LogP contribution >= 0.6 is 22.6 Å². The number of hydrogen-bond donors (Lipinski definition) is 0. The highest BCUT2D eigenvalue weighted by Crippen LogP contribution is 2.19. The van der Waals surface area contributed by atoms with E-state index in [1.807, 2.05) is 12.3 Å². The van der Waals surface area contributed by atoms with Gasteiger partial charge in [0.15, 0.2) is 0 Å². The van der Waals surface area contributed by atoms with Crippen LogP contribution in [0.2, 0.25) is 0 Å². The van der Waals surface area contributed by atoms with Crippen LogP contribution in [0.4, 0.5) is 0 Å². The number of hydrogen-bond acceptors (Lipinski definition) is 1. The fourth-order valence-corrected chi connectivity index (χ4v) is 1.69. The largest absolute Gasteiger partial charge is 0.250 e. The summed E-state index contributed by atoms with van der Waals surface area (Å²) in [6.45, 7) is 2.10. The van der Waals surface area contributed by atoms with Gasteiger partial charge in [0.2, 0.25) is 0 Å². The molecule has 2 rings (SSSR count). The summed E-state index contributed by atoms with van der Waals surface area (Å²) in [5.41, 5.74) is 3.68. The first-order valence-electron chi connectivity index (χ1n) is 4.44. The van der Waals surface area contributed by atoms with Crippen molar-refractivity contribution in [3.63, 3.8) is 0 Å². The third kappa shape index (κ3) is 2.12. The monoisotopic (exact) mass is 295 g/mol. The molecule has 0 amide bonds. The first-order chi connectivity index (χ1) is 6.75. The molecule has 70 valence electrons. The van der Waals surface area contributed by atoms with E-state index in [0.717, 1.165) is 3.70 Å². The summed E-state index contributed by atoms with van der Waals surface area (Å²) in [7, 11) is 0. The van der Waals surface area contributed by atoms with E-state index < -0.39 is 0 Å². The van der Waals surface area contributed by atoms with Gasteiger partial charge >= 0.3 is 0 Å². The van der Waals surface area contributed by atoms with E-state index in [0.29, 0.717) is 0 Å². The molecule has 1 nitrogen and oxygen atoms in total. The number of nitrogens with zero attached hydrogens (tertiary/aromatic N) is 1. The number of aryl methyl sites for hydroxylation is 1. The van der Waals surface area contributed by atoms with Crippen molar-refractivity contribution in [2.45, 2.75) is 6.92 Å². The molecule has 0 aliphatic heterocycles. The van der Waals surface area contributed by atoms with E-state index in [2.05, 4.69) is 64.8 Å². The molecule has 0 spiro atoms. The van der Waals surface area contributed by atoms with E-state index in [4.69, 9.17) is 0 Å². The van der Waals surface area contributed by atoms with Crippen molar-refractivity contribution in [1.82, 2.24) is 4.98 Å². The molecule has 0 atom stereocenters. The molecule has 0 N–H and O–H groups in total. The van der Waals surface area contributed by atoms with Gasteiger partial charge in [-0.15, -0.1) is 0 Å². The maximum atomic E-state index is 4.27. The molecule has 1 aromatic heterocycles. The summed E-state index contributed by atoms with van der Waals surface area (Å²) in [5.74, 6) is 0. The van der Waals surface area contributed by atoms with Crippen LogP contribution in [0, 0.1) is 10.6 Å². The van der Waals surface area contributed by atoms with Gasteiger partial charge < -0.3 is 0 Å². The number of aromatic nitrogens is 1. The Hall–Kier alpha value is -0.900. The molecule has 2 heteroatoms. The highest BCUT2D eigenvalue weighted by molar-refractivity contribution is 14.1. The first-order valence-corrected chi connectivity index (χ1v) is 5.52. The lowest BCUT2D eigenvalue weighted by atomic mass is 10.1. The summed E-state index contributed by atoms with van der Waals surface area (Å²) in [6.07, 6.45) is 1.91. The zero-order chi connectivity index (χ0) is 9.97. The normalized spacial score (nSPS) is 10.1. The topological polar surface area (TPSA) is 12.9 Å². The highest BCUT2D eigenvalue weighted by Gasteiger charge is 1.97. The minimum absolute atomic E-state index is 1.03. The Morgan fingerprint density at radius 3 is 2.57 bits per heavy atom. The molecule has 0 fully saturated rings. The van der Waals surface area contributed by atoms with E-state index in [1.165, 1.54) is 16.7 Å². The number of rotatable bonds is 1. The molecule has 1 heterocycles. The zero-order valence-corrected chi connectivity index (χ0v) is 10.0. The Kier molecular flexibility index (Phi) is 2.82. The van der Waals surface area contributed by atoms with Gasteiger partial charge in [-0.3, -0.25) is 0 Å². The predicted molar refractivity (Wildman–Crippen MR) is 67.1 cm³/mol. The van der Waals surface area contributed by atoms with Crippen LogP contribution in [-0.4, -0.2) is 4.98 Å². The van der Waals surface area contributed by atoms with Crippen LogP contribution < -0.4 is 0 Å². The van der Waals surface area contributed by atoms with Gasteiger partial charge in [-0.1, -0.05) is 35.9 Å². The number of pyridine rings is 1. The standard InChI is InChI=1S/C12H10IN/c1-9-3-2-4-10(7-9)11-5-6-12(13)14-8-11/h2-8H,1H3. The molecule has 0 saturated carbocycles. The van der Waals surface area contributed by atoms with Gasteiger partial charge in [0.25, 0.3) is 0 Å². The molecule has 14 heavy (non-hydrogen) atoms. The molecule has 0 radical (unpaired) electrons. The smallest absolute Gasteiger partial charge is 0.101 e. The summed E-state index contributed by atoms with van der Waals surface area (Å²) >= 11 is 2.21. The van der Waals surface area contributed by atoms with Crippen LogP contribution in [0.15, 0.2) is 42.6 Å². The molecule has 0 aliphatic carbocycles. The average Bonchev–Trinajstić information content (AvgIpc) is 2.19. The number of halogens is 1. The maximum absolute atomic E-state index is 4.27. The highest BCUT2D eigenvalue weighted by atomic mass is 127. The second kappa shape index (κ2) is 4.09. The van der Waals surface area contributed by atoms with Crippen LogP contribution in [0.5, 0.6) is 0 Å². The summed E-state index contributed by atoms with van der Waals surface area (Å²) in [5, 5.41) is 0. The lowest BCUT2D eigenvalue weighted by Gasteiger charge is -2.01. The summed E-state index contributed by atoms with van der Waals surface area (Å²) in [6, 6.07) is 12.6. The van der Waals surface area contributed by atoms with Gasteiger partial charge in [-0.05, 0) is 41.1 Å². The minimum atomic E-state index is 1.03. The van der Waals surface area contributed by atoms with E-state index in [1.54, 1.807) is 0 Å². The fraction of sp³-hybridized carbons (Fsp3) is 0.0833. The summed E-state index contributed by atoms with van der Waals surface area (Å²) in [4.78, 5) is 4.27. The molecule has 1 aromatic carbocycles. The minimum Gasteiger partial charge on any atom is -0.250 e.